The first-order chi connectivity index (χ1) is 5.81. The van der Waals surface area contributed by atoms with Gasteiger partial charge in [0.05, 0.1) is 0 Å². The summed E-state index contributed by atoms with van der Waals surface area (Å²) < 4.78 is 0. The molecule has 1 nitrogen and oxygen atoms in total. The van der Waals surface area contributed by atoms with Crippen molar-refractivity contribution >= 4 is 0 Å². The Morgan fingerprint density at radius 1 is 1.33 bits per heavy atom. The molecule has 0 bridgehead atoms. The molecule has 0 heterocycles. The lowest BCUT2D eigenvalue weighted by Crippen LogP contribution is -1.90. The minimum atomic E-state index is 0.878. The van der Waals surface area contributed by atoms with Crippen LogP contribution >= 0.6 is 0 Å². The maximum absolute atomic E-state index is 5.18. The van der Waals surface area contributed by atoms with E-state index in [0.29, 0.717) is 0 Å². The summed E-state index contributed by atoms with van der Waals surface area (Å²) in [6.45, 7) is 4.56. The third kappa shape index (κ3) is 7.39. The summed E-state index contributed by atoms with van der Waals surface area (Å²) in [5, 5.41) is 0. The molecular formula is C11H21N. The van der Waals surface area contributed by atoms with Gasteiger partial charge in [0.1, 0.15) is 0 Å². The molecule has 0 saturated heterocycles. The number of nitrogens with two attached hydrogens (primary N) is 1. The van der Waals surface area contributed by atoms with Gasteiger partial charge in [-0.2, -0.15) is 0 Å². The Hall–Kier alpha value is -0.720. The minimum Gasteiger partial charge on any atom is -0.405 e. The second kappa shape index (κ2) is 8.38. The fraction of sp³-hybridized carbons (Fsp3) is 0.636. The van der Waals surface area contributed by atoms with Crippen LogP contribution in [0.1, 0.15) is 39.5 Å². The van der Waals surface area contributed by atoms with Gasteiger partial charge in [-0.3, -0.25) is 0 Å². The Labute approximate surface area is 76.3 Å². The van der Waals surface area contributed by atoms with Gasteiger partial charge < -0.3 is 5.73 Å². The molecule has 0 aliphatic carbocycles. The SMILES string of the molecule is CCC(C)CCC/C=C\C=C/N. The van der Waals surface area contributed by atoms with E-state index in [0.717, 1.165) is 5.92 Å². The van der Waals surface area contributed by atoms with Crippen LogP contribution in [0.25, 0.3) is 0 Å². The van der Waals surface area contributed by atoms with Crippen LogP contribution in [0.4, 0.5) is 0 Å². The van der Waals surface area contributed by atoms with Crippen molar-refractivity contribution in [1.29, 1.82) is 0 Å². The molecule has 0 aromatic carbocycles. The second-order valence-electron chi connectivity index (χ2n) is 3.26. The zero-order valence-electron chi connectivity index (χ0n) is 8.29. The Morgan fingerprint density at radius 3 is 2.67 bits per heavy atom. The highest BCUT2D eigenvalue weighted by Gasteiger charge is 1.95. The maximum Gasteiger partial charge on any atom is -0.00625 e. The Balaban J connectivity index is 3.20. The Bertz CT molecular complexity index is 136. The lowest BCUT2D eigenvalue weighted by atomic mass is 10.0. The third-order valence-electron chi connectivity index (χ3n) is 2.12. The van der Waals surface area contributed by atoms with Gasteiger partial charge in [0, 0.05) is 0 Å². The van der Waals surface area contributed by atoms with E-state index in [2.05, 4.69) is 19.9 Å². The summed E-state index contributed by atoms with van der Waals surface area (Å²) in [4.78, 5) is 0. The lowest BCUT2D eigenvalue weighted by Gasteiger charge is -2.05. The maximum atomic E-state index is 5.18. The molecule has 1 atom stereocenters. The zero-order valence-corrected chi connectivity index (χ0v) is 8.29. The number of unbranched alkanes of at least 4 members (excludes halogenated alkanes) is 1. The van der Waals surface area contributed by atoms with Crippen molar-refractivity contribution in [2.24, 2.45) is 11.7 Å². The number of rotatable bonds is 6. The molecule has 0 rings (SSSR count). The molecule has 0 amide bonds. The molecule has 0 aliphatic heterocycles. The number of hydrogen-bond acceptors (Lipinski definition) is 1. The second-order valence-corrected chi connectivity index (χ2v) is 3.26. The van der Waals surface area contributed by atoms with Crippen molar-refractivity contribution < 1.29 is 0 Å². The number of hydrogen-bond donors (Lipinski definition) is 1. The van der Waals surface area contributed by atoms with Crippen LogP contribution in [-0.4, -0.2) is 0 Å². The highest BCUT2D eigenvalue weighted by atomic mass is 14.5. The predicted molar refractivity (Wildman–Crippen MR) is 55.8 cm³/mol. The summed E-state index contributed by atoms with van der Waals surface area (Å²) in [6.07, 6.45) is 12.7. The summed E-state index contributed by atoms with van der Waals surface area (Å²) in [5.41, 5.74) is 5.18. The van der Waals surface area contributed by atoms with E-state index < -0.39 is 0 Å². The van der Waals surface area contributed by atoms with Crippen LogP contribution in [0.3, 0.4) is 0 Å². The average molecular weight is 167 g/mol. The fourth-order valence-corrected chi connectivity index (χ4v) is 1.03. The van der Waals surface area contributed by atoms with Crippen molar-refractivity contribution in [3.8, 4) is 0 Å². The van der Waals surface area contributed by atoms with E-state index >= 15 is 0 Å². The van der Waals surface area contributed by atoms with E-state index in [-0.39, 0.29) is 0 Å². The summed E-state index contributed by atoms with van der Waals surface area (Å²) in [7, 11) is 0. The van der Waals surface area contributed by atoms with Gasteiger partial charge in [-0.05, 0) is 31.0 Å². The number of allylic oxidation sites excluding steroid dienone is 3. The lowest BCUT2D eigenvalue weighted by molar-refractivity contribution is 0.498. The molecule has 70 valence electrons. The van der Waals surface area contributed by atoms with Gasteiger partial charge in [0.15, 0.2) is 0 Å². The van der Waals surface area contributed by atoms with E-state index in [9.17, 15) is 0 Å². The highest BCUT2D eigenvalue weighted by Crippen LogP contribution is 2.10. The first-order valence-corrected chi connectivity index (χ1v) is 4.84. The van der Waals surface area contributed by atoms with Crippen LogP contribution in [0.15, 0.2) is 24.4 Å². The summed E-state index contributed by atoms with van der Waals surface area (Å²) in [5.74, 6) is 0.878. The van der Waals surface area contributed by atoms with Gasteiger partial charge in [0.2, 0.25) is 0 Å². The zero-order chi connectivity index (χ0) is 9.23. The highest BCUT2D eigenvalue weighted by molar-refractivity contribution is 5.00. The molecule has 0 aliphatic rings. The van der Waals surface area contributed by atoms with E-state index in [1.165, 1.54) is 25.7 Å². The minimum absolute atomic E-state index is 0.878. The molecule has 1 unspecified atom stereocenters. The van der Waals surface area contributed by atoms with Crippen molar-refractivity contribution in [1.82, 2.24) is 0 Å². The molecule has 0 aromatic rings. The standard InChI is InChI=1S/C11H21N/c1-3-11(2)9-7-5-4-6-8-10-12/h4,6,8,10-11H,3,5,7,9,12H2,1-2H3/b6-4-,10-8-. The van der Waals surface area contributed by atoms with Crippen LogP contribution in [0, 0.1) is 5.92 Å². The van der Waals surface area contributed by atoms with Gasteiger partial charge in [-0.25, -0.2) is 0 Å². The van der Waals surface area contributed by atoms with Crippen molar-refractivity contribution in [2.45, 2.75) is 39.5 Å². The molecule has 0 fully saturated rings. The fourth-order valence-electron chi connectivity index (χ4n) is 1.03. The van der Waals surface area contributed by atoms with Crippen molar-refractivity contribution in [3.63, 3.8) is 0 Å². The monoisotopic (exact) mass is 167 g/mol. The van der Waals surface area contributed by atoms with E-state index in [1.807, 2.05) is 12.2 Å². The quantitative estimate of drug-likeness (QED) is 0.477. The van der Waals surface area contributed by atoms with Crippen LogP contribution < -0.4 is 5.73 Å². The first-order valence-electron chi connectivity index (χ1n) is 4.84. The predicted octanol–water partition coefficient (Wildman–Crippen LogP) is 3.23. The molecule has 0 aromatic heterocycles. The van der Waals surface area contributed by atoms with Crippen molar-refractivity contribution in [2.75, 3.05) is 0 Å². The van der Waals surface area contributed by atoms with Gasteiger partial charge in [-0.15, -0.1) is 0 Å². The van der Waals surface area contributed by atoms with Gasteiger partial charge >= 0.3 is 0 Å². The molecule has 0 saturated carbocycles. The van der Waals surface area contributed by atoms with E-state index in [1.54, 1.807) is 6.20 Å². The third-order valence-corrected chi connectivity index (χ3v) is 2.12. The molecule has 0 spiro atoms. The Kier molecular flexibility index (Phi) is 7.87. The first kappa shape index (κ1) is 11.3. The van der Waals surface area contributed by atoms with Crippen LogP contribution in [0.5, 0.6) is 0 Å². The molecule has 0 radical (unpaired) electrons. The van der Waals surface area contributed by atoms with Crippen LogP contribution in [-0.2, 0) is 0 Å². The Morgan fingerprint density at radius 2 is 2.08 bits per heavy atom. The summed E-state index contributed by atoms with van der Waals surface area (Å²) >= 11 is 0. The largest absolute Gasteiger partial charge is 0.405 e. The average Bonchev–Trinajstić information content (AvgIpc) is 2.10. The van der Waals surface area contributed by atoms with Gasteiger partial charge in [0.25, 0.3) is 0 Å². The molecule has 1 heteroatoms. The van der Waals surface area contributed by atoms with Gasteiger partial charge in [-0.1, -0.05) is 38.8 Å². The topological polar surface area (TPSA) is 26.0 Å². The van der Waals surface area contributed by atoms with Crippen molar-refractivity contribution in [3.05, 3.63) is 24.4 Å². The molecule has 2 N–H and O–H groups in total. The summed E-state index contributed by atoms with van der Waals surface area (Å²) in [6, 6.07) is 0. The smallest absolute Gasteiger partial charge is 0.00625 e. The van der Waals surface area contributed by atoms with E-state index in [4.69, 9.17) is 5.73 Å². The molecule has 12 heavy (non-hydrogen) atoms. The normalized spacial score (nSPS) is 14.5. The van der Waals surface area contributed by atoms with Crippen LogP contribution in [0.2, 0.25) is 0 Å². The molecular weight excluding hydrogens is 146 g/mol.